The van der Waals surface area contributed by atoms with E-state index in [0.717, 1.165) is 10.6 Å². The minimum absolute atomic E-state index is 0.0867. The zero-order chi connectivity index (χ0) is 19.2. The van der Waals surface area contributed by atoms with Crippen molar-refractivity contribution in [1.29, 1.82) is 0 Å². The number of ether oxygens (including phenoxy) is 1. The summed E-state index contributed by atoms with van der Waals surface area (Å²) in [5, 5.41) is 2.65. The molecule has 1 heterocycles. The monoisotopic (exact) mass is 384 g/mol. The zero-order valence-electron chi connectivity index (χ0n) is 14.9. The molecule has 1 unspecified atom stereocenters. The van der Waals surface area contributed by atoms with Crippen LogP contribution >= 0.6 is 11.8 Å². The molecule has 0 bridgehead atoms. The Morgan fingerprint density at radius 1 is 1.15 bits per heavy atom. The molecule has 0 radical (unpaired) electrons. The van der Waals surface area contributed by atoms with Crippen molar-refractivity contribution in [3.05, 3.63) is 54.6 Å². The first-order valence-electron chi connectivity index (χ1n) is 8.53. The third-order valence-corrected chi connectivity index (χ3v) is 4.99. The number of benzene rings is 2. The molecular weight excluding hydrogens is 364 g/mol. The number of nitrogens with one attached hydrogen (secondary N) is 1. The molecule has 6 nitrogen and oxygen atoms in total. The van der Waals surface area contributed by atoms with E-state index in [0.29, 0.717) is 5.69 Å². The SMILES string of the molecule is CSc1ccc(N2CC(C(=O)OCC(=O)Nc3ccccc3)CC2=O)cc1. The van der Waals surface area contributed by atoms with Gasteiger partial charge in [0.05, 0.1) is 5.92 Å². The second-order valence-corrected chi connectivity index (χ2v) is 7.00. The van der Waals surface area contributed by atoms with Crippen molar-refractivity contribution < 1.29 is 19.1 Å². The number of carbonyl (C=O) groups excluding carboxylic acids is 3. The van der Waals surface area contributed by atoms with Gasteiger partial charge in [0.15, 0.2) is 6.61 Å². The van der Waals surface area contributed by atoms with Crippen molar-refractivity contribution >= 4 is 40.9 Å². The maximum atomic E-state index is 12.3. The van der Waals surface area contributed by atoms with Crippen LogP contribution in [0.5, 0.6) is 0 Å². The number of hydrogen-bond donors (Lipinski definition) is 1. The largest absolute Gasteiger partial charge is 0.455 e. The summed E-state index contributed by atoms with van der Waals surface area (Å²) in [7, 11) is 0. The van der Waals surface area contributed by atoms with Crippen LogP contribution in [0.25, 0.3) is 0 Å². The van der Waals surface area contributed by atoms with Gasteiger partial charge in [-0.25, -0.2) is 0 Å². The van der Waals surface area contributed by atoms with Crippen LogP contribution in [0.3, 0.4) is 0 Å². The molecule has 1 saturated heterocycles. The fourth-order valence-electron chi connectivity index (χ4n) is 2.85. The minimum Gasteiger partial charge on any atom is -0.455 e. The number of rotatable bonds is 6. The van der Waals surface area contributed by atoms with Crippen LogP contribution in [0.2, 0.25) is 0 Å². The number of amides is 2. The van der Waals surface area contributed by atoms with E-state index in [9.17, 15) is 14.4 Å². The highest BCUT2D eigenvalue weighted by atomic mass is 32.2. The molecule has 140 valence electrons. The number of nitrogens with zero attached hydrogens (tertiary/aromatic N) is 1. The van der Waals surface area contributed by atoms with Crippen molar-refractivity contribution in [3.8, 4) is 0 Å². The molecule has 3 rings (SSSR count). The van der Waals surface area contributed by atoms with Crippen LogP contribution in [0, 0.1) is 5.92 Å². The minimum atomic E-state index is -0.567. The van der Waals surface area contributed by atoms with Crippen molar-refractivity contribution in [2.75, 3.05) is 29.6 Å². The molecule has 0 aromatic heterocycles. The first-order valence-corrected chi connectivity index (χ1v) is 9.75. The normalized spacial score (nSPS) is 16.3. The number of thioether (sulfide) groups is 1. The number of esters is 1. The third kappa shape index (κ3) is 4.89. The van der Waals surface area contributed by atoms with Gasteiger partial charge in [0.1, 0.15) is 0 Å². The second kappa shape index (κ2) is 8.73. The summed E-state index contributed by atoms with van der Waals surface area (Å²) in [6.07, 6.45) is 2.07. The first kappa shape index (κ1) is 19.0. The van der Waals surface area contributed by atoms with Crippen LogP contribution in [0.15, 0.2) is 59.5 Å². The van der Waals surface area contributed by atoms with Gasteiger partial charge in [-0.15, -0.1) is 11.8 Å². The van der Waals surface area contributed by atoms with Gasteiger partial charge in [0, 0.05) is 29.2 Å². The van der Waals surface area contributed by atoms with E-state index in [4.69, 9.17) is 4.74 Å². The Bertz CT molecular complexity index is 824. The van der Waals surface area contributed by atoms with Crippen LogP contribution in [0.4, 0.5) is 11.4 Å². The average molecular weight is 384 g/mol. The van der Waals surface area contributed by atoms with Crippen LogP contribution < -0.4 is 10.2 Å². The van der Waals surface area contributed by atoms with E-state index in [-0.39, 0.29) is 25.5 Å². The lowest BCUT2D eigenvalue weighted by molar-refractivity contribution is -0.151. The number of anilines is 2. The predicted octanol–water partition coefficient (Wildman–Crippen LogP) is 2.94. The van der Waals surface area contributed by atoms with Gasteiger partial charge in [-0.2, -0.15) is 0 Å². The van der Waals surface area contributed by atoms with Crippen molar-refractivity contribution in [1.82, 2.24) is 0 Å². The van der Waals surface area contributed by atoms with E-state index in [1.54, 1.807) is 40.9 Å². The van der Waals surface area contributed by atoms with Crippen molar-refractivity contribution in [2.45, 2.75) is 11.3 Å². The molecule has 0 saturated carbocycles. The fraction of sp³-hybridized carbons (Fsp3) is 0.250. The molecule has 2 amide bonds. The molecule has 1 fully saturated rings. The zero-order valence-corrected chi connectivity index (χ0v) is 15.7. The fourth-order valence-corrected chi connectivity index (χ4v) is 3.26. The summed E-state index contributed by atoms with van der Waals surface area (Å²) in [4.78, 5) is 39.1. The Kier molecular flexibility index (Phi) is 6.13. The maximum Gasteiger partial charge on any atom is 0.311 e. The van der Waals surface area contributed by atoms with E-state index >= 15 is 0 Å². The summed E-state index contributed by atoms with van der Waals surface area (Å²) >= 11 is 1.62. The average Bonchev–Trinajstić information content (AvgIpc) is 3.09. The predicted molar refractivity (Wildman–Crippen MR) is 105 cm³/mol. The standard InChI is InChI=1S/C20H20N2O4S/c1-27-17-9-7-16(8-10-17)22-12-14(11-19(22)24)20(25)26-13-18(23)21-15-5-3-2-4-6-15/h2-10,14H,11-13H2,1H3,(H,21,23). The lowest BCUT2D eigenvalue weighted by Gasteiger charge is -2.16. The third-order valence-electron chi connectivity index (χ3n) is 4.25. The van der Waals surface area contributed by atoms with Crippen molar-refractivity contribution in [3.63, 3.8) is 0 Å². The van der Waals surface area contributed by atoms with Gasteiger partial charge in [0.2, 0.25) is 5.91 Å². The molecule has 1 atom stereocenters. The Morgan fingerprint density at radius 3 is 2.52 bits per heavy atom. The van der Waals surface area contributed by atoms with Crippen LogP contribution in [-0.4, -0.2) is 37.2 Å². The highest BCUT2D eigenvalue weighted by Gasteiger charge is 2.36. The molecule has 2 aromatic carbocycles. The topological polar surface area (TPSA) is 75.7 Å². The van der Waals surface area contributed by atoms with Gasteiger partial charge in [-0.1, -0.05) is 18.2 Å². The quantitative estimate of drug-likeness (QED) is 0.612. The Labute approximate surface area is 161 Å². The van der Waals surface area contributed by atoms with Gasteiger partial charge in [0.25, 0.3) is 5.91 Å². The first-order chi connectivity index (χ1) is 13.1. The molecule has 1 N–H and O–H groups in total. The smallest absolute Gasteiger partial charge is 0.311 e. The van der Waals surface area contributed by atoms with Gasteiger partial charge in [-0.3, -0.25) is 14.4 Å². The Morgan fingerprint density at radius 2 is 1.85 bits per heavy atom. The lowest BCUT2D eigenvalue weighted by atomic mass is 10.1. The maximum absolute atomic E-state index is 12.3. The highest BCUT2D eigenvalue weighted by Crippen LogP contribution is 2.27. The number of para-hydroxylation sites is 1. The molecule has 0 aliphatic carbocycles. The van der Waals surface area contributed by atoms with E-state index in [2.05, 4.69) is 5.32 Å². The molecule has 1 aliphatic heterocycles. The molecule has 7 heteroatoms. The molecular formula is C20H20N2O4S. The van der Waals surface area contributed by atoms with Gasteiger partial charge < -0.3 is 15.0 Å². The Balaban J connectivity index is 1.51. The van der Waals surface area contributed by atoms with E-state index in [1.165, 1.54) is 0 Å². The number of carbonyl (C=O) groups is 3. The van der Waals surface area contributed by atoms with Gasteiger partial charge >= 0.3 is 5.97 Å². The van der Waals surface area contributed by atoms with E-state index in [1.807, 2.05) is 36.6 Å². The van der Waals surface area contributed by atoms with Crippen LogP contribution in [-0.2, 0) is 19.1 Å². The summed E-state index contributed by atoms with van der Waals surface area (Å²) in [6.45, 7) is -0.114. The molecule has 1 aliphatic rings. The summed E-state index contributed by atoms with van der Waals surface area (Å²) < 4.78 is 5.10. The number of hydrogen-bond acceptors (Lipinski definition) is 5. The summed E-state index contributed by atoms with van der Waals surface area (Å²) in [5.74, 6) is -1.64. The van der Waals surface area contributed by atoms with Crippen molar-refractivity contribution in [2.24, 2.45) is 5.92 Å². The highest BCUT2D eigenvalue weighted by molar-refractivity contribution is 7.98. The molecule has 27 heavy (non-hydrogen) atoms. The van der Waals surface area contributed by atoms with E-state index < -0.39 is 17.8 Å². The molecule has 0 spiro atoms. The lowest BCUT2D eigenvalue weighted by Crippen LogP contribution is -2.28. The Hall–Kier alpha value is -2.80. The van der Waals surface area contributed by atoms with Gasteiger partial charge in [-0.05, 0) is 42.7 Å². The van der Waals surface area contributed by atoms with Crippen LogP contribution in [0.1, 0.15) is 6.42 Å². The molecule has 2 aromatic rings. The summed E-state index contributed by atoms with van der Waals surface area (Å²) in [6, 6.07) is 16.5. The second-order valence-electron chi connectivity index (χ2n) is 6.13. The summed E-state index contributed by atoms with van der Waals surface area (Å²) in [5.41, 5.74) is 1.39.